The van der Waals surface area contributed by atoms with Gasteiger partial charge in [-0.25, -0.2) is 0 Å². The van der Waals surface area contributed by atoms with Crippen LogP contribution in [0.5, 0.6) is 0 Å². The van der Waals surface area contributed by atoms with Gasteiger partial charge in [-0.3, -0.25) is 5.21 Å². The molecule has 1 saturated heterocycles. The molecule has 1 fully saturated rings. The molecule has 0 spiro atoms. The smallest absolute Gasteiger partial charge is 0.130 e. The first kappa shape index (κ1) is 18.0. The number of nitrogens with one attached hydrogen (secondary N) is 1. The van der Waals surface area contributed by atoms with E-state index in [1.54, 1.807) is 6.07 Å². The second-order valence-electron chi connectivity index (χ2n) is 5.74. The largest absolute Gasteiger partial charge is 0.733 e. The van der Waals surface area contributed by atoms with Crippen LogP contribution in [0, 0.1) is 5.21 Å². The molecular weight excluding hydrogens is 344 g/mol. The molecule has 0 unspecified atom stereocenters. The van der Waals surface area contributed by atoms with Gasteiger partial charge in [0.2, 0.25) is 0 Å². The number of hydrogen-bond donors (Lipinski definition) is 4. The van der Waals surface area contributed by atoms with Gasteiger partial charge in [-0.1, -0.05) is 30.0 Å². The van der Waals surface area contributed by atoms with Gasteiger partial charge >= 0.3 is 0 Å². The molecule has 7 nitrogen and oxygen atoms in total. The second-order valence-corrected chi connectivity index (χ2v) is 6.89. The number of ether oxygens (including phenoxy) is 1. The molecule has 134 valence electrons. The van der Waals surface area contributed by atoms with Gasteiger partial charge in [0, 0.05) is 21.9 Å². The summed E-state index contributed by atoms with van der Waals surface area (Å²) in [5, 5.41) is 42.7. The van der Waals surface area contributed by atoms with E-state index in [4.69, 9.17) is 4.74 Å². The van der Waals surface area contributed by atoms with Crippen LogP contribution in [0.2, 0.25) is 0 Å². The van der Waals surface area contributed by atoms with E-state index in [1.165, 1.54) is 17.8 Å². The number of hydrogen-bond acceptors (Lipinski definition) is 8. The van der Waals surface area contributed by atoms with E-state index in [9.17, 15) is 20.6 Å². The summed E-state index contributed by atoms with van der Waals surface area (Å²) in [4.78, 5) is 1.76. The maximum absolute atomic E-state index is 11.3. The predicted octanol–water partition coefficient (Wildman–Crippen LogP) is 2.41. The summed E-state index contributed by atoms with van der Waals surface area (Å²) in [5.41, 5.74) is 0.652. The van der Waals surface area contributed by atoms with E-state index >= 15 is 0 Å². The minimum absolute atomic E-state index is 0.0256. The van der Waals surface area contributed by atoms with Crippen LogP contribution in [-0.4, -0.2) is 40.5 Å². The van der Waals surface area contributed by atoms with Crippen molar-refractivity contribution >= 4 is 23.1 Å². The van der Waals surface area contributed by atoms with E-state index in [1.807, 2.05) is 36.4 Å². The lowest BCUT2D eigenvalue weighted by Gasteiger charge is -2.32. The normalized spacial score (nSPS) is 23.3. The van der Waals surface area contributed by atoms with Crippen molar-refractivity contribution in [3.05, 3.63) is 53.7 Å². The van der Waals surface area contributed by atoms with E-state index in [2.05, 4.69) is 5.32 Å². The zero-order valence-corrected chi connectivity index (χ0v) is 14.1. The van der Waals surface area contributed by atoms with Crippen molar-refractivity contribution in [3.8, 4) is 0 Å². The Morgan fingerprint density at radius 2 is 1.84 bits per heavy atom. The third-order valence-corrected chi connectivity index (χ3v) is 4.77. The lowest BCUT2D eigenvalue weighted by Crippen LogP contribution is -2.44. The third-order valence-electron chi connectivity index (χ3n) is 3.79. The SMILES string of the molecule is [O-]N(O)c1cc(N[C@@H]2C[C@H](O)[C@@H](O)CO2)cc(Sc2ccccc2)c1. The molecule has 1 heterocycles. The second kappa shape index (κ2) is 8.05. The number of benzene rings is 2. The van der Waals surface area contributed by atoms with Crippen molar-refractivity contribution in [1.29, 1.82) is 0 Å². The van der Waals surface area contributed by atoms with Crippen LogP contribution in [0.15, 0.2) is 58.3 Å². The quantitative estimate of drug-likeness (QED) is 0.600. The van der Waals surface area contributed by atoms with Crippen molar-refractivity contribution in [2.45, 2.75) is 34.6 Å². The minimum Gasteiger partial charge on any atom is -0.733 e. The highest BCUT2D eigenvalue weighted by atomic mass is 32.2. The first-order valence-corrected chi connectivity index (χ1v) is 8.61. The van der Waals surface area contributed by atoms with Crippen LogP contribution in [0.3, 0.4) is 0 Å². The topological polar surface area (TPSA) is 108 Å². The van der Waals surface area contributed by atoms with Crippen molar-refractivity contribution in [1.82, 2.24) is 0 Å². The van der Waals surface area contributed by atoms with Crippen molar-refractivity contribution in [3.63, 3.8) is 0 Å². The van der Waals surface area contributed by atoms with Gasteiger partial charge in [0.15, 0.2) is 0 Å². The number of nitrogens with zero attached hydrogens (tertiary/aromatic N) is 1. The van der Waals surface area contributed by atoms with Gasteiger partial charge in [-0.05, 0) is 30.3 Å². The molecule has 3 atom stereocenters. The highest BCUT2D eigenvalue weighted by molar-refractivity contribution is 7.99. The summed E-state index contributed by atoms with van der Waals surface area (Å²) in [7, 11) is 0. The summed E-state index contributed by atoms with van der Waals surface area (Å²) < 4.78 is 5.44. The van der Waals surface area contributed by atoms with Crippen LogP contribution in [0.25, 0.3) is 0 Å². The molecule has 4 N–H and O–H groups in total. The zero-order chi connectivity index (χ0) is 17.8. The number of rotatable bonds is 5. The average molecular weight is 363 g/mol. The molecular formula is C17H19N2O5S-. The zero-order valence-electron chi connectivity index (χ0n) is 13.3. The number of aliphatic hydroxyl groups excluding tert-OH is 2. The lowest BCUT2D eigenvalue weighted by molar-refractivity contribution is -0.112. The van der Waals surface area contributed by atoms with E-state index in [-0.39, 0.29) is 23.9 Å². The fourth-order valence-electron chi connectivity index (χ4n) is 2.52. The maximum atomic E-state index is 11.3. The van der Waals surface area contributed by atoms with Crippen LogP contribution in [0.1, 0.15) is 6.42 Å². The molecule has 0 saturated carbocycles. The van der Waals surface area contributed by atoms with Gasteiger partial charge in [0.25, 0.3) is 0 Å². The highest BCUT2D eigenvalue weighted by Gasteiger charge is 2.28. The summed E-state index contributed by atoms with van der Waals surface area (Å²) in [6.45, 7) is 0.0256. The van der Waals surface area contributed by atoms with Crippen molar-refractivity contribution in [2.24, 2.45) is 0 Å². The lowest BCUT2D eigenvalue weighted by atomic mass is 10.1. The van der Waals surface area contributed by atoms with Gasteiger partial charge in [0.1, 0.15) is 12.3 Å². The minimum atomic E-state index is -0.900. The standard InChI is InChI=1S/C17H19N2O5S/c20-15-9-17(24-10-16(15)21)18-11-6-12(19(22)23)8-14(7-11)25-13-4-2-1-3-5-13/h1-8,15-18,20-22H,9-10H2/q-1/t15-,16-,17-/m0/s1. The average Bonchev–Trinajstić information content (AvgIpc) is 2.59. The molecule has 8 heteroatoms. The van der Waals surface area contributed by atoms with E-state index in [0.29, 0.717) is 5.69 Å². The maximum Gasteiger partial charge on any atom is 0.130 e. The molecule has 0 radical (unpaired) electrons. The number of aliphatic hydroxyl groups is 2. The Balaban J connectivity index is 1.78. The van der Waals surface area contributed by atoms with Gasteiger partial charge in [-0.2, -0.15) is 0 Å². The Hall–Kier alpha value is -1.81. The molecule has 3 rings (SSSR count). The van der Waals surface area contributed by atoms with Crippen LogP contribution in [-0.2, 0) is 4.74 Å². The van der Waals surface area contributed by atoms with Crippen LogP contribution in [0.4, 0.5) is 11.4 Å². The Morgan fingerprint density at radius 3 is 2.52 bits per heavy atom. The Morgan fingerprint density at radius 1 is 1.08 bits per heavy atom. The Kier molecular flexibility index (Phi) is 5.79. The van der Waals surface area contributed by atoms with Crippen molar-refractivity contribution in [2.75, 3.05) is 17.2 Å². The summed E-state index contributed by atoms with van der Waals surface area (Å²) in [6.07, 6.45) is -2.06. The highest BCUT2D eigenvalue weighted by Crippen LogP contribution is 2.33. The van der Waals surface area contributed by atoms with E-state index < -0.39 is 18.4 Å². The molecule has 2 aromatic rings. The summed E-state index contributed by atoms with van der Waals surface area (Å²) >= 11 is 1.45. The van der Waals surface area contributed by atoms with E-state index in [0.717, 1.165) is 9.79 Å². The van der Waals surface area contributed by atoms with Gasteiger partial charge in [0.05, 0.1) is 18.4 Å². The molecule has 25 heavy (non-hydrogen) atoms. The molecule has 0 bridgehead atoms. The first-order valence-electron chi connectivity index (χ1n) is 7.79. The summed E-state index contributed by atoms with van der Waals surface area (Å²) in [6, 6.07) is 14.5. The number of anilines is 2. The molecule has 1 aliphatic rings. The summed E-state index contributed by atoms with van der Waals surface area (Å²) in [5.74, 6) is 0. The predicted molar refractivity (Wildman–Crippen MR) is 94.6 cm³/mol. The van der Waals surface area contributed by atoms with Crippen LogP contribution >= 0.6 is 11.8 Å². The monoisotopic (exact) mass is 363 g/mol. The Labute approximate surface area is 149 Å². The molecule has 1 aliphatic heterocycles. The fraction of sp³-hybridized carbons (Fsp3) is 0.294. The van der Waals surface area contributed by atoms with Crippen molar-refractivity contribution < 1.29 is 20.2 Å². The molecule has 0 amide bonds. The van der Waals surface area contributed by atoms with Gasteiger partial charge < -0.3 is 30.7 Å². The fourth-order valence-corrected chi connectivity index (χ4v) is 3.45. The molecule has 0 aliphatic carbocycles. The third kappa shape index (κ3) is 4.85. The molecule has 2 aromatic carbocycles. The first-order chi connectivity index (χ1) is 12.0. The Bertz CT molecular complexity index is 701. The van der Waals surface area contributed by atoms with Crippen LogP contribution < -0.4 is 10.5 Å². The molecule has 0 aromatic heterocycles. The van der Waals surface area contributed by atoms with Gasteiger partial charge in [-0.15, -0.1) is 0 Å².